The molecule has 0 atom stereocenters. The molecule has 1 N–H and O–H groups in total. The van der Waals surface area contributed by atoms with E-state index in [-0.39, 0.29) is 0 Å². The van der Waals surface area contributed by atoms with E-state index >= 15 is 0 Å². The maximum Gasteiger partial charge on any atom is 0.249 e. The molecular weight excluding hydrogens is 160 g/mol. The Balaban J connectivity index is 0.000000261. The molecule has 66 valence electrons. The zero-order valence-electron chi connectivity index (χ0n) is 6.67. The summed E-state index contributed by atoms with van der Waals surface area (Å²) in [4.78, 5) is 8.44. The summed E-state index contributed by atoms with van der Waals surface area (Å²) in [5.41, 5.74) is 0. The number of hydrogen-bond donors (Lipinski definition) is 1. The molecule has 1 rings (SSSR count). The van der Waals surface area contributed by atoms with Crippen LogP contribution in [-0.2, 0) is 7.05 Å². The molecule has 0 amide bonds. The van der Waals surface area contributed by atoms with Crippen LogP contribution in [0.5, 0.6) is 0 Å². The lowest BCUT2D eigenvalue weighted by Gasteiger charge is -1.74. The monoisotopic (exact) mass is 170 g/mol. The zero-order valence-corrected chi connectivity index (χ0v) is 6.67. The summed E-state index contributed by atoms with van der Waals surface area (Å²) in [6.45, 7) is 3.59. The highest BCUT2D eigenvalue weighted by Gasteiger charge is 1.90. The van der Waals surface area contributed by atoms with E-state index in [1.54, 1.807) is 6.20 Å². The van der Waals surface area contributed by atoms with Crippen LogP contribution in [0.1, 0.15) is 0 Å². The summed E-state index contributed by atoms with van der Waals surface area (Å²) in [7, 11) is 1.97. The van der Waals surface area contributed by atoms with Crippen molar-refractivity contribution in [3.63, 3.8) is 0 Å². The number of nitrogens with zero attached hydrogens (tertiary/aromatic N) is 2. The van der Waals surface area contributed by atoms with Crippen LogP contribution < -0.4 is 9.67 Å². The van der Waals surface area contributed by atoms with Crippen LogP contribution in [0.25, 0.3) is 6.20 Å². The molecule has 1 aromatic heterocycles. The minimum absolute atomic E-state index is 1.75. The first kappa shape index (κ1) is 10.2. The van der Waals surface area contributed by atoms with Gasteiger partial charge in [-0.15, -0.1) is 0 Å². The molecule has 0 aliphatic rings. The van der Waals surface area contributed by atoms with Crippen molar-refractivity contribution >= 4 is 12.4 Å². The molecule has 0 aromatic carbocycles. The van der Waals surface area contributed by atoms with E-state index in [2.05, 4.69) is 6.58 Å². The maximum absolute atomic E-state index is 8.44. The third-order valence-corrected chi connectivity index (χ3v) is 1.00. The van der Waals surface area contributed by atoms with Gasteiger partial charge in [-0.3, -0.25) is 0 Å². The van der Waals surface area contributed by atoms with Gasteiger partial charge in [-0.2, -0.15) is 0 Å². The van der Waals surface area contributed by atoms with Crippen molar-refractivity contribution < 1.29 is 19.6 Å². The SMILES string of the molecule is C=Cn1cc[n+](C)c1.O=C([O-])O. The molecule has 5 heteroatoms. The Morgan fingerprint density at radius 2 is 2.33 bits per heavy atom. The molecule has 0 bridgehead atoms. The lowest BCUT2D eigenvalue weighted by molar-refractivity contribution is -0.670. The molecule has 0 unspecified atom stereocenters. The first-order valence-electron chi connectivity index (χ1n) is 3.11. The molecule has 12 heavy (non-hydrogen) atoms. The highest BCUT2D eigenvalue weighted by molar-refractivity contribution is 5.50. The van der Waals surface area contributed by atoms with E-state index in [4.69, 9.17) is 15.0 Å². The van der Waals surface area contributed by atoms with Crippen LogP contribution in [0.4, 0.5) is 4.79 Å². The lowest BCUT2D eigenvalue weighted by Crippen LogP contribution is -2.23. The Morgan fingerprint density at radius 3 is 2.50 bits per heavy atom. The molecule has 5 nitrogen and oxygen atoms in total. The van der Waals surface area contributed by atoms with Crippen LogP contribution in [0.3, 0.4) is 0 Å². The number of hydrogen-bond acceptors (Lipinski definition) is 2. The van der Waals surface area contributed by atoms with Gasteiger partial charge in [0.25, 0.3) is 0 Å². The molecule has 0 aliphatic heterocycles. The normalized spacial score (nSPS) is 8.08. The average Bonchev–Trinajstić information content (AvgIpc) is 2.34. The fourth-order valence-corrected chi connectivity index (χ4v) is 0.577. The van der Waals surface area contributed by atoms with Gasteiger partial charge in [-0.05, 0) is 0 Å². The van der Waals surface area contributed by atoms with Crippen molar-refractivity contribution in [2.45, 2.75) is 0 Å². The third-order valence-electron chi connectivity index (χ3n) is 1.00. The van der Waals surface area contributed by atoms with Crippen molar-refractivity contribution in [1.29, 1.82) is 0 Å². The fraction of sp³-hybridized carbons (Fsp3) is 0.143. The van der Waals surface area contributed by atoms with Gasteiger partial charge in [-0.1, -0.05) is 6.58 Å². The van der Waals surface area contributed by atoms with Crippen molar-refractivity contribution in [3.8, 4) is 0 Å². The van der Waals surface area contributed by atoms with E-state index in [0.29, 0.717) is 0 Å². The van der Waals surface area contributed by atoms with E-state index in [1.165, 1.54) is 0 Å². The standard InChI is InChI=1S/C6H9N2.CH2O3/c1-3-8-5-4-7(2)6-8;2-1(3)4/h3-6H,1H2,2H3;(H2,2,3,4)/q+1;/p-1. The summed E-state index contributed by atoms with van der Waals surface area (Å²) in [5, 5.41) is 15.3. The second-order valence-electron chi connectivity index (χ2n) is 1.97. The second kappa shape index (κ2) is 4.95. The summed E-state index contributed by atoms with van der Waals surface area (Å²) < 4.78 is 3.85. The van der Waals surface area contributed by atoms with Crippen molar-refractivity contribution in [3.05, 3.63) is 25.3 Å². The number of rotatable bonds is 1. The number of aryl methyl sites for hydroxylation is 1. The average molecular weight is 170 g/mol. The number of aromatic nitrogens is 2. The highest BCUT2D eigenvalue weighted by Crippen LogP contribution is 1.79. The predicted octanol–water partition coefficient (Wildman–Crippen LogP) is -0.699. The minimum Gasteiger partial charge on any atom is -0.565 e. The Bertz CT molecular complexity index is 263. The molecule has 1 aromatic rings. The van der Waals surface area contributed by atoms with Crippen LogP contribution in [-0.4, -0.2) is 15.8 Å². The van der Waals surface area contributed by atoms with Gasteiger partial charge >= 0.3 is 0 Å². The molecule has 0 saturated heterocycles. The quantitative estimate of drug-likeness (QED) is 0.566. The predicted molar refractivity (Wildman–Crippen MR) is 40.0 cm³/mol. The van der Waals surface area contributed by atoms with E-state index in [1.807, 2.05) is 34.9 Å². The van der Waals surface area contributed by atoms with Gasteiger partial charge in [0, 0.05) is 0 Å². The van der Waals surface area contributed by atoms with Gasteiger partial charge in [0.15, 0.2) is 0 Å². The summed E-state index contributed by atoms with van der Waals surface area (Å²) in [6, 6.07) is 0. The molecular formula is C7H10N2O3. The Labute approximate surface area is 69.8 Å². The largest absolute Gasteiger partial charge is 0.565 e. The molecule has 0 fully saturated rings. The molecule has 1 heterocycles. The smallest absolute Gasteiger partial charge is 0.249 e. The van der Waals surface area contributed by atoms with Gasteiger partial charge in [0.1, 0.15) is 12.4 Å². The maximum atomic E-state index is 8.44. The third kappa shape index (κ3) is 5.04. The van der Waals surface area contributed by atoms with Crippen molar-refractivity contribution in [2.75, 3.05) is 0 Å². The van der Waals surface area contributed by atoms with Crippen LogP contribution >= 0.6 is 0 Å². The first-order chi connectivity index (χ1) is 5.56. The first-order valence-corrected chi connectivity index (χ1v) is 3.11. The minimum atomic E-state index is -2.08. The van der Waals surface area contributed by atoms with E-state index < -0.39 is 6.16 Å². The topological polar surface area (TPSA) is 69.2 Å². The molecule has 0 radical (unpaired) electrons. The van der Waals surface area contributed by atoms with E-state index in [0.717, 1.165) is 0 Å². The molecule has 0 spiro atoms. The number of imidazole rings is 1. The number of carbonyl (C=O) groups is 1. The second-order valence-corrected chi connectivity index (χ2v) is 1.97. The lowest BCUT2D eigenvalue weighted by atomic mass is 10.8. The van der Waals surface area contributed by atoms with Crippen LogP contribution in [0, 0.1) is 0 Å². The zero-order chi connectivity index (χ0) is 9.56. The summed E-state index contributed by atoms with van der Waals surface area (Å²) >= 11 is 0. The Kier molecular flexibility index (Phi) is 4.21. The van der Waals surface area contributed by atoms with Gasteiger partial charge in [0.2, 0.25) is 12.5 Å². The molecule has 0 aliphatic carbocycles. The van der Waals surface area contributed by atoms with E-state index in [9.17, 15) is 0 Å². The van der Waals surface area contributed by atoms with Gasteiger partial charge < -0.3 is 15.0 Å². The van der Waals surface area contributed by atoms with Crippen molar-refractivity contribution in [2.24, 2.45) is 7.05 Å². The molecule has 0 saturated carbocycles. The summed E-state index contributed by atoms with van der Waals surface area (Å²) in [6.07, 6.45) is 5.50. The number of carboxylic acid groups (broad SMARTS) is 2. The Hall–Kier alpha value is -1.78. The Morgan fingerprint density at radius 1 is 1.83 bits per heavy atom. The van der Waals surface area contributed by atoms with Crippen LogP contribution in [0.2, 0.25) is 0 Å². The van der Waals surface area contributed by atoms with Crippen molar-refractivity contribution in [1.82, 2.24) is 4.57 Å². The summed E-state index contributed by atoms with van der Waals surface area (Å²) in [5.74, 6) is 0. The highest BCUT2D eigenvalue weighted by atomic mass is 16.6. The van der Waals surface area contributed by atoms with Gasteiger partial charge in [0.05, 0.1) is 13.2 Å². The fourth-order valence-electron chi connectivity index (χ4n) is 0.577. The van der Waals surface area contributed by atoms with Crippen LogP contribution in [0.15, 0.2) is 25.3 Å². The van der Waals surface area contributed by atoms with Gasteiger partial charge in [-0.25, -0.2) is 9.13 Å².